The number of halogens is 4. The van der Waals surface area contributed by atoms with E-state index in [2.05, 4.69) is 25.1 Å². The Labute approximate surface area is 355 Å². The molecule has 0 radical (unpaired) electrons. The summed E-state index contributed by atoms with van der Waals surface area (Å²) in [6.07, 6.45) is 0.309. The summed E-state index contributed by atoms with van der Waals surface area (Å²) in [5.74, 6) is -2.79. The number of benzene rings is 4. The molecule has 0 saturated carbocycles. The van der Waals surface area contributed by atoms with Crippen LogP contribution in [0.25, 0.3) is 0 Å². The number of anilines is 4. The van der Waals surface area contributed by atoms with Gasteiger partial charge in [0.15, 0.2) is 11.6 Å². The molecule has 2 aliphatic rings. The summed E-state index contributed by atoms with van der Waals surface area (Å²) >= 11 is 11.6. The summed E-state index contributed by atoms with van der Waals surface area (Å²) in [5.41, 5.74) is 21.0. The van der Waals surface area contributed by atoms with Crippen molar-refractivity contribution in [1.82, 2.24) is 0 Å². The lowest BCUT2D eigenvalue weighted by atomic mass is 10.0. The van der Waals surface area contributed by atoms with Crippen LogP contribution < -0.4 is 27.8 Å². The van der Waals surface area contributed by atoms with Crippen molar-refractivity contribution in [3.63, 3.8) is 0 Å². The Morgan fingerprint density at radius 2 is 1.10 bits per heavy atom. The van der Waals surface area contributed by atoms with E-state index in [1.807, 2.05) is 0 Å². The molecule has 6 rings (SSSR count). The van der Waals surface area contributed by atoms with Crippen molar-refractivity contribution >= 4 is 118 Å². The largest absolute Gasteiger partial charge is 0.465 e. The van der Waals surface area contributed by atoms with Crippen LogP contribution in [0, 0.1) is 0 Å². The van der Waals surface area contributed by atoms with Crippen LogP contribution in [-0.2, 0) is 19.1 Å². The van der Waals surface area contributed by atoms with Crippen molar-refractivity contribution in [2.24, 2.45) is 10.7 Å². The number of aliphatic imine (C=N–C) groups is 1. The Balaban J connectivity index is 0.000000464. The van der Waals surface area contributed by atoms with Gasteiger partial charge in [-0.1, -0.05) is 30.6 Å². The van der Waals surface area contributed by atoms with Crippen LogP contribution in [0.15, 0.2) is 77.8 Å². The topological polar surface area (TPSA) is 252 Å². The number of carbonyl (C=O) groups is 7. The van der Waals surface area contributed by atoms with Gasteiger partial charge in [0.25, 0.3) is 17.6 Å². The lowest BCUT2D eigenvalue weighted by Crippen LogP contribution is -2.15. The van der Waals surface area contributed by atoms with E-state index in [-0.39, 0.29) is 98.3 Å². The molecule has 0 spiro atoms. The van der Waals surface area contributed by atoms with E-state index < -0.39 is 23.6 Å². The summed E-state index contributed by atoms with van der Waals surface area (Å²) in [5, 5.41) is 6.12. The number of ketones is 3. The third-order valence-corrected chi connectivity index (χ3v) is 8.38. The molecule has 0 saturated heterocycles. The van der Waals surface area contributed by atoms with Gasteiger partial charge in [-0.25, -0.2) is 9.59 Å². The third kappa shape index (κ3) is 12.3. The lowest BCUT2D eigenvalue weighted by Gasteiger charge is -2.06. The molecule has 0 bridgehead atoms. The lowest BCUT2D eigenvalue weighted by molar-refractivity contribution is -0.112. The van der Waals surface area contributed by atoms with Crippen molar-refractivity contribution in [2.75, 3.05) is 49.4 Å². The Kier molecular flexibility index (Phi) is 19.7. The second-order valence-electron chi connectivity index (χ2n) is 11.6. The molecule has 2 aliphatic heterocycles. The molecule has 58 heavy (non-hydrogen) atoms. The molecule has 308 valence electrons. The standard InChI is InChI=1S/C19H16ClN3O4.C11H14N2O3.C8H4ClNO2.CH4.2ClH/c1-27-19(26)10-2-4-12(14(21)8-10)16(24)6-7-22-17-13-5-3-11(20)9-15(13)23-18(17)25;1-16-11(15)7-2-3-8(9(13)6-7)10(14)4-5-12;9-4-1-2-5-6(3-4)10-8(12)7(5)11;;;/h2-5,8-9H,6-7,21H2,1H3,(H,22,23,25);2-3,6H,4-5,12-13H2,1H3;1-3H,(H,10,11,12);1H4;2*1H. The Morgan fingerprint density at radius 3 is 1.57 bits per heavy atom. The predicted molar refractivity (Wildman–Crippen MR) is 228 cm³/mol. The zero-order chi connectivity index (χ0) is 40.4. The van der Waals surface area contributed by atoms with Gasteiger partial charge >= 0.3 is 11.9 Å². The molecule has 0 aromatic heterocycles. The van der Waals surface area contributed by atoms with Crippen LogP contribution in [0.3, 0.4) is 0 Å². The number of hydrogen-bond acceptors (Lipinski definition) is 13. The van der Waals surface area contributed by atoms with E-state index in [0.717, 1.165) is 0 Å². The van der Waals surface area contributed by atoms with Crippen LogP contribution >= 0.6 is 48.0 Å². The molecular formula is C39H40Cl4N6O9. The molecule has 8 N–H and O–H groups in total. The van der Waals surface area contributed by atoms with Gasteiger partial charge in [0.1, 0.15) is 5.71 Å². The second kappa shape index (κ2) is 22.8. The number of ether oxygens (including phenoxy) is 2. The van der Waals surface area contributed by atoms with E-state index in [1.54, 1.807) is 30.3 Å². The number of carbonyl (C=O) groups excluding carboxylic acids is 7. The molecule has 0 fully saturated rings. The van der Waals surface area contributed by atoms with Gasteiger partial charge in [0.2, 0.25) is 0 Å². The zero-order valence-corrected chi connectivity index (χ0v) is 33.3. The number of nitrogen functional groups attached to an aromatic ring is 2. The highest BCUT2D eigenvalue weighted by molar-refractivity contribution is 6.54. The number of rotatable bonds is 9. The average Bonchev–Trinajstić information content (AvgIpc) is 3.62. The smallest absolute Gasteiger partial charge is 0.337 e. The number of nitrogens with two attached hydrogens (primary N) is 3. The number of fused-ring (bicyclic) bond motifs is 2. The van der Waals surface area contributed by atoms with Gasteiger partial charge in [-0.15, -0.1) is 24.8 Å². The molecule has 4 aromatic carbocycles. The van der Waals surface area contributed by atoms with Crippen LogP contribution in [0.4, 0.5) is 22.7 Å². The van der Waals surface area contributed by atoms with E-state index in [9.17, 15) is 33.6 Å². The Morgan fingerprint density at radius 1 is 0.655 bits per heavy atom. The predicted octanol–water partition coefficient (Wildman–Crippen LogP) is 6.26. The van der Waals surface area contributed by atoms with Gasteiger partial charge in [0.05, 0.1) is 42.3 Å². The number of hydrogen-bond donors (Lipinski definition) is 5. The average molecular weight is 879 g/mol. The van der Waals surface area contributed by atoms with Crippen LogP contribution in [0.5, 0.6) is 0 Å². The minimum absolute atomic E-state index is 0. The molecule has 4 aromatic rings. The fraction of sp³-hybridized carbons (Fsp3) is 0.179. The first-order valence-electron chi connectivity index (χ1n) is 16.2. The van der Waals surface area contributed by atoms with Crippen molar-refractivity contribution in [1.29, 1.82) is 0 Å². The zero-order valence-electron chi connectivity index (χ0n) is 30.2. The summed E-state index contributed by atoms with van der Waals surface area (Å²) < 4.78 is 9.16. The minimum atomic E-state index is -0.590. The first kappa shape index (κ1) is 50.2. The molecule has 15 nitrogen and oxygen atoms in total. The highest BCUT2D eigenvalue weighted by Crippen LogP contribution is 2.28. The molecule has 0 aliphatic carbocycles. The third-order valence-electron chi connectivity index (χ3n) is 7.91. The molecule has 2 heterocycles. The van der Waals surface area contributed by atoms with E-state index in [0.29, 0.717) is 49.2 Å². The Hall–Kier alpha value is -5.84. The van der Waals surface area contributed by atoms with Crippen molar-refractivity contribution in [2.45, 2.75) is 20.3 Å². The number of nitrogens with one attached hydrogen (secondary N) is 2. The number of esters is 2. The van der Waals surface area contributed by atoms with Crippen molar-refractivity contribution < 1.29 is 43.0 Å². The van der Waals surface area contributed by atoms with Crippen LogP contribution in [-0.4, -0.2) is 74.1 Å². The number of amides is 2. The second-order valence-corrected chi connectivity index (χ2v) is 12.4. The highest BCUT2D eigenvalue weighted by Gasteiger charge is 2.28. The van der Waals surface area contributed by atoms with Gasteiger partial charge < -0.3 is 37.3 Å². The first-order valence-corrected chi connectivity index (χ1v) is 17.0. The summed E-state index contributed by atoms with van der Waals surface area (Å²) in [4.78, 5) is 84.8. The van der Waals surface area contributed by atoms with Gasteiger partial charge in [-0.3, -0.25) is 29.0 Å². The van der Waals surface area contributed by atoms with Gasteiger partial charge in [-0.05, 0) is 79.3 Å². The summed E-state index contributed by atoms with van der Waals surface area (Å²) in [6, 6.07) is 18.5. The minimum Gasteiger partial charge on any atom is -0.465 e. The normalized spacial score (nSPS) is 12.2. The number of nitrogens with zero attached hydrogens (tertiary/aromatic N) is 1. The number of Topliss-reactive ketones (excluding diaryl/α,β-unsaturated/α-hetero) is 3. The van der Waals surface area contributed by atoms with E-state index >= 15 is 0 Å². The molecule has 19 heteroatoms. The maximum Gasteiger partial charge on any atom is 0.337 e. The molecule has 0 unspecified atom stereocenters. The fourth-order valence-corrected chi connectivity index (χ4v) is 5.54. The summed E-state index contributed by atoms with van der Waals surface area (Å²) in [7, 11) is 2.55. The molecule has 2 amide bonds. The first-order chi connectivity index (χ1) is 26.2. The maximum absolute atomic E-state index is 12.4. The van der Waals surface area contributed by atoms with Crippen LogP contribution in [0.1, 0.15) is 77.6 Å². The fourth-order valence-electron chi connectivity index (χ4n) is 5.20. The quantitative estimate of drug-likeness (QED) is 0.0540. The van der Waals surface area contributed by atoms with Crippen molar-refractivity contribution in [3.8, 4) is 0 Å². The van der Waals surface area contributed by atoms with E-state index in [4.69, 9.17) is 40.4 Å². The van der Waals surface area contributed by atoms with Gasteiger partial charge in [-0.2, -0.15) is 0 Å². The van der Waals surface area contributed by atoms with Crippen molar-refractivity contribution in [3.05, 3.63) is 116 Å². The maximum atomic E-state index is 12.4. The van der Waals surface area contributed by atoms with Crippen LogP contribution in [0.2, 0.25) is 10.0 Å². The molecular weight excluding hydrogens is 838 g/mol. The van der Waals surface area contributed by atoms with E-state index in [1.165, 1.54) is 56.7 Å². The monoisotopic (exact) mass is 876 g/mol. The Bertz CT molecular complexity index is 2270. The van der Waals surface area contributed by atoms with Gasteiger partial charge in [0, 0.05) is 57.5 Å². The molecule has 0 atom stereocenters. The summed E-state index contributed by atoms with van der Waals surface area (Å²) in [6.45, 7) is 0.402. The SMILES string of the molecule is C.COC(=O)c1ccc(C(=O)CCN)c(N)c1.COC(=O)c1ccc(C(=O)CCN=C2C(=O)Nc3cc(Cl)ccc32)c(N)c1.Cl.Cl.O=C1Nc2cc(Cl)ccc2C1=O. The highest BCUT2D eigenvalue weighted by atomic mass is 35.5. The number of methoxy groups -OCH3 is 2.